The van der Waals surface area contributed by atoms with E-state index in [4.69, 9.17) is 9.72 Å². The zero-order chi connectivity index (χ0) is 21.6. The molecule has 0 N–H and O–H groups in total. The minimum absolute atomic E-state index is 0.351. The molecule has 1 saturated heterocycles. The van der Waals surface area contributed by atoms with Crippen molar-refractivity contribution in [2.24, 2.45) is 0 Å². The number of aromatic nitrogens is 3. The first-order valence-corrected chi connectivity index (χ1v) is 11.2. The highest BCUT2D eigenvalue weighted by Gasteiger charge is 2.27. The van der Waals surface area contributed by atoms with Crippen LogP contribution in [0.5, 0.6) is 0 Å². The summed E-state index contributed by atoms with van der Waals surface area (Å²) in [6.07, 6.45) is 7.96. The smallest absolute Gasteiger partial charge is 0.130 e. The second-order valence-corrected chi connectivity index (χ2v) is 8.52. The third-order valence-electron chi connectivity index (χ3n) is 6.07. The van der Waals surface area contributed by atoms with Gasteiger partial charge in [-0.05, 0) is 68.5 Å². The van der Waals surface area contributed by atoms with E-state index in [1.165, 1.54) is 28.8 Å². The lowest BCUT2D eigenvalue weighted by Crippen LogP contribution is -2.24. The van der Waals surface area contributed by atoms with Crippen molar-refractivity contribution in [3.63, 3.8) is 0 Å². The van der Waals surface area contributed by atoms with Crippen LogP contribution in [0.15, 0.2) is 48.8 Å². The Morgan fingerprint density at radius 3 is 2.65 bits per heavy atom. The van der Waals surface area contributed by atoms with Crippen molar-refractivity contribution in [1.29, 1.82) is 0 Å². The number of ether oxygens (including phenoxy) is 1. The van der Waals surface area contributed by atoms with Crippen molar-refractivity contribution >= 4 is 0 Å². The molecule has 0 amide bonds. The van der Waals surface area contributed by atoms with E-state index in [0.29, 0.717) is 12.6 Å². The summed E-state index contributed by atoms with van der Waals surface area (Å²) in [5.41, 5.74) is 7.51. The van der Waals surface area contributed by atoms with Gasteiger partial charge < -0.3 is 4.74 Å². The van der Waals surface area contributed by atoms with Crippen LogP contribution in [0.1, 0.15) is 58.3 Å². The van der Waals surface area contributed by atoms with E-state index < -0.39 is 0 Å². The molecule has 3 aromatic rings. The van der Waals surface area contributed by atoms with Crippen LogP contribution in [0, 0.1) is 13.8 Å². The zero-order valence-electron chi connectivity index (χ0n) is 18.8. The molecule has 1 fully saturated rings. The molecule has 0 aliphatic carbocycles. The number of methoxy groups -OCH3 is 1. The Balaban J connectivity index is 1.49. The maximum absolute atomic E-state index is 5.11. The molecule has 1 aromatic carbocycles. The number of pyridine rings is 1. The van der Waals surface area contributed by atoms with E-state index in [0.717, 1.165) is 49.4 Å². The van der Waals surface area contributed by atoms with Gasteiger partial charge in [0.15, 0.2) is 0 Å². The summed E-state index contributed by atoms with van der Waals surface area (Å²) in [6, 6.07) is 13.5. The second-order valence-electron chi connectivity index (χ2n) is 8.52. The summed E-state index contributed by atoms with van der Waals surface area (Å²) >= 11 is 0. The van der Waals surface area contributed by atoms with Gasteiger partial charge in [0.1, 0.15) is 5.82 Å². The van der Waals surface area contributed by atoms with Gasteiger partial charge in [-0.2, -0.15) is 0 Å². The normalized spacial score (nSPS) is 16.7. The Bertz CT molecular complexity index is 1000. The summed E-state index contributed by atoms with van der Waals surface area (Å²) in [5, 5.41) is 0. The maximum atomic E-state index is 5.11. The molecule has 0 saturated carbocycles. The van der Waals surface area contributed by atoms with E-state index in [2.05, 4.69) is 65.1 Å². The van der Waals surface area contributed by atoms with Crippen LogP contribution in [-0.4, -0.2) is 40.1 Å². The number of rotatable bonds is 8. The Hall–Kier alpha value is -2.63. The fourth-order valence-corrected chi connectivity index (χ4v) is 4.44. The van der Waals surface area contributed by atoms with Crippen LogP contribution in [0.2, 0.25) is 0 Å². The minimum atomic E-state index is 0.351. The number of hydrogen-bond acceptors (Lipinski definition) is 5. The van der Waals surface area contributed by atoms with E-state index in [-0.39, 0.29) is 0 Å². The molecule has 3 heterocycles. The van der Waals surface area contributed by atoms with Crippen LogP contribution in [0.4, 0.5) is 0 Å². The Morgan fingerprint density at radius 2 is 1.87 bits per heavy atom. The van der Waals surface area contributed by atoms with Crippen LogP contribution < -0.4 is 0 Å². The summed E-state index contributed by atoms with van der Waals surface area (Å²) in [7, 11) is 1.70. The molecule has 1 aliphatic rings. The van der Waals surface area contributed by atoms with Gasteiger partial charge in [0.05, 0.1) is 18.3 Å². The lowest BCUT2D eigenvalue weighted by atomic mass is 9.98. The number of benzene rings is 1. The molecule has 1 aliphatic heterocycles. The van der Waals surface area contributed by atoms with Gasteiger partial charge in [0, 0.05) is 43.7 Å². The molecule has 2 aromatic heterocycles. The molecule has 5 heteroatoms. The molecule has 0 spiro atoms. The Kier molecular flexibility index (Phi) is 7.05. The highest BCUT2D eigenvalue weighted by molar-refractivity contribution is 5.34. The van der Waals surface area contributed by atoms with Crippen molar-refractivity contribution in [3.05, 3.63) is 88.3 Å². The predicted molar refractivity (Wildman–Crippen MR) is 123 cm³/mol. The topological polar surface area (TPSA) is 51.1 Å². The summed E-state index contributed by atoms with van der Waals surface area (Å²) < 4.78 is 5.11. The number of nitrogens with zero attached hydrogens (tertiary/aromatic N) is 4. The van der Waals surface area contributed by atoms with E-state index in [1.807, 2.05) is 12.4 Å². The average Bonchev–Trinajstić information content (AvgIpc) is 3.23. The molecule has 5 nitrogen and oxygen atoms in total. The zero-order valence-corrected chi connectivity index (χ0v) is 18.8. The summed E-state index contributed by atoms with van der Waals surface area (Å²) in [5.74, 6) is 0.838. The largest absolute Gasteiger partial charge is 0.384 e. The summed E-state index contributed by atoms with van der Waals surface area (Å²) in [6.45, 7) is 6.89. The average molecular weight is 417 g/mol. The monoisotopic (exact) mass is 416 g/mol. The van der Waals surface area contributed by atoms with Gasteiger partial charge in [-0.15, -0.1) is 0 Å². The summed E-state index contributed by atoms with van der Waals surface area (Å²) in [4.78, 5) is 16.5. The van der Waals surface area contributed by atoms with Crippen molar-refractivity contribution < 1.29 is 4.74 Å². The van der Waals surface area contributed by atoms with E-state index >= 15 is 0 Å². The Labute approximate surface area is 185 Å². The van der Waals surface area contributed by atoms with Crippen LogP contribution in [0.3, 0.4) is 0 Å². The molecule has 31 heavy (non-hydrogen) atoms. The standard InChI is InChI=1S/C26H32N4O/c1-19-7-4-5-8-23(19)14-21-13-20(2)29-24(15-21)25-9-6-11-30(25)18-22-16-27-26(28-17-22)10-12-31-3/h4-5,7-8,13,15-17,25H,6,9-12,14,18H2,1-3H3/t25-/m0/s1. The number of aryl methyl sites for hydroxylation is 2. The van der Waals surface area contributed by atoms with Crippen molar-refractivity contribution in [2.75, 3.05) is 20.3 Å². The number of likely N-dealkylation sites (tertiary alicyclic amines) is 1. The molecule has 1 atom stereocenters. The lowest BCUT2D eigenvalue weighted by molar-refractivity contribution is 0.200. The van der Waals surface area contributed by atoms with Gasteiger partial charge in [0.2, 0.25) is 0 Å². The van der Waals surface area contributed by atoms with Crippen molar-refractivity contribution in [1.82, 2.24) is 19.9 Å². The van der Waals surface area contributed by atoms with Crippen molar-refractivity contribution in [3.8, 4) is 0 Å². The quantitative estimate of drug-likeness (QED) is 0.537. The first-order valence-electron chi connectivity index (χ1n) is 11.2. The first-order chi connectivity index (χ1) is 15.1. The fraction of sp³-hybridized carbons (Fsp3) is 0.423. The third kappa shape index (κ3) is 5.54. The number of hydrogen-bond donors (Lipinski definition) is 0. The fourth-order valence-electron chi connectivity index (χ4n) is 4.44. The van der Waals surface area contributed by atoms with E-state index in [9.17, 15) is 0 Å². The SMILES string of the molecule is COCCc1ncc(CN2CCC[C@H]2c2cc(Cc3ccccc3C)cc(C)n2)cn1. The van der Waals surface area contributed by atoms with Crippen LogP contribution >= 0.6 is 0 Å². The minimum Gasteiger partial charge on any atom is -0.384 e. The second kappa shape index (κ2) is 10.1. The molecule has 0 unspecified atom stereocenters. The lowest BCUT2D eigenvalue weighted by Gasteiger charge is -2.24. The molecule has 0 bridgehead atoms. The maximum Gasteiger partial charge on any atom is 0.130 e. The highest BCUT2D eigenvalue weighted by Crippen LogP contribution is 2.33. The Morgan fingerprint density at radius 1 is 1.06 bits per heavy atom. The molecule has 0 radical (unpaired) electrons. The van der Waals surface area contributed by atoms with Gasteiger partial charge >= 0.3 is 0 Å². The van der Waals surface area contributed by atoms with E-state index in [1.54, 1.807) is 7.11 Å². The van der Waals surface area contributed by atoms with Gasteiger partial charge in [-0.1, -0.05) is 24.3 Å². The van der Waals surface area contributed by atoms with Crippen LogP contribution in [0.25, 0.3) is 0 Å². The van der Waals surface area contributed by atoms with Gasteiger partial charge in [0.25, 0.3) is 0 Å². The van der Waals surface area contributed by atoms with Crippen LogP contribution in [-0.2, 0) is 24.1 Å². The molecular weight excluding hydrogens is 384 g/mol. The van der Waals surface area contributed by atoms with Crippen molar-refractivity contribution in [2.45, 2.75) is 52.1 Å². The third-order valence-corrected chi connectivity index (χ3v) is 6.07. The molecule has 4 rings (SSSR count). The molecule has 162 valence electrons. The van der Waals surface area contributed by atoms with Gasteiger partial charge in [-0.25, -0.2) is 9.97 Å². The first kappa shape index (κ1) is 21.6. The predicted octanol–water partition coefficient (Wildman–Crippen LogP) is 4.61. The van der Waals surface area contributed by atoms with Gasteiger partial charge in [-0.3, -0.25) is 9.88 Å². The molecular formula is C26H32N4O. The highest BCUT2D eigenvalue weighted by atomic mass is 16.5.